The van der Waals surface area contributed by atoms with E-state index in [9.17, 15) is 0 Å². The molecule has 0 radical (unpaired) electrons. The van der Waals surface area contributed by atoms with Crippen molar-refractivity contribution >= 4 is 39.7 Å². The number of hydrogen-bond donors (Lipinski definition) is 2. The van der Waals surface area contributed by atoms with Crippen LogP contribution in [0.4, 0.5) is 17.6 Å². The van der Waals surface area contributed by atoms with E-state index < -0.39 is 0 Å². The summed E-state index contributed by atoms with van der Waals surface area (Å²) >= 11 is 3.43. The van der Waals surface area contributed by atoms with Gasteiger partial charge in [0.1, 0.15) is 5.76 Å². The molecule has 0 amide bonds. The van der Waals surface area contributed by atoms with Crippen molar-refractivity contribution in [3.8, 4) is 5.95 Å². The molecule has 4 rings (SSSR count). The maximum Gasteiger partial charge on any atom is 0.257 e. The molecule has 0 aliphatic heterocycles. The van der Waals surface area contributed by atoms with Gasteiger partial charge in [-0.2, -0.15) is 25.2 Å². The van der Waals surface area contributed by atoms with Crippen molar-refractivity contribution in [2.24, 2.45) is 5.10 Å². The minimum atomic E-state index is 0.268. The van der Waals surface area contributed by atoms with E-state index in [1.54, 1.807) is 23.1 Å². The number of nitrogens with zero attached hydrogens (tertiary/aromatic N) is 6. The van der Waals surface area contributed by atoms with E-state index in [4.69, 9.17) is 4.42 Å². The Bertz CT molecular complexity index is 1140. The lowest BCUT2D eigenvalue weighted by Crippen LogP contribution is -2.11. The summed E-state index contributed by atoms with van der Waals surface area (Å²) < 4.78 is 7.86. The predicted octanol–water partition coefficient (Wildman–Crippen LogP) is 4.22. The monoisotopic (exact) mass is 452 g/mol. The number of nitrogens with one attached hydrogen (secondary N) is 2. The lowest BCUT2D eigenvalue weighted by Gasteiger charge is -2.09. The van der Waals surface area contributed by atoms with Gasteiger partial charge in [0.05, 0.1) is 18.2 Å². The lowest BCUT2D eigenvalue weighted by molar-refractivity contribution is 0.560. The van der Waals surface area contributed by atoms with Gasteiger partial charge in [-0.25, -0.2) is 10.1 Å². The summed E-state index contributed by atoms with van der Waals surface area (Å²) in [7, 11) is 0. The van der Waals surface area contributed by atoms with Crippen LogP contribution in [0, 0.1) is 13.8 Å². The van der Waals surface area contributed by atoms with Crippen LogP contribution in [-0.4, -0.2) is 30.9 Å². The number of rotatable bonds is 6. The maximum absolute atomic E-state index is 5.22. The molecule has 0 unspecified atom stereocenters. The average molecular weight is 453 g/mol. The maximum atomic E-state index is 5.22. The van der Waals surface area contributed by atoms with Crippen molar-refractivity contribution in [3.05, 3.63) is 70.3 Å². The molecule has 146 valence electrons. The fourth-order valence-corrected chi connectivity index (χ4v) is 2.84. The number of aromatic nitrogens is 5. The Labute approximate surface area is 175 Å². The van der Waals surface area contributed by atoms with E-state index >= 15 is 0 Å². The Kier molecular flexibility index (Phi) is 5.34. The normalized spacial score (nSPS) is 11.1. The zero-order valence-electron chi connectivity index (χ0n) is 15.7. The molecule has 3 aromatic heterocycles. The summed E-state index contributed by atoms with van der Waals surface area (Å²) in [5.74, 6) is 1.62. The molecule has 4 aromatic rings. The summed E-state index contributed by atoms with van der Waals surface area (Å²) in [5.41, 5.74) is 5.43. The SMILES string of the molecule is Cc1cc(C)n(-c2nc(NN=Cc3ccco3)nc(Nc3ccc(Br)cc3)n2)n1. The smallest absolute Gasteiger partial charge is 0.257 e. The largest absolute Gasteiger partial charge is 0.463 e. The molecule has 1 aromatic carbocycles. The Hall–Kier alpha value is -3.53. The van der Waals surface area contributed by atoms with Crippen LogP contribution in [0.25, 0.3) is 5.95 Å². The molecule has 2 N–H and O–H groups in total. The first kappa shape index (κ1) is 18.8. The summed E-state index contributed by atoms with van der Waals surface area (Å²) in [4.78, 5) is 13.3. The molecule has 0 saturated heterocycles. The average Bonchev–Trinajstić information content (AvgIpc) is 3.33. The number of hydrogen-bond acceptors (Lipinski definition) is 8. The van der Waals surface area contributed by atoms with Crippen LogP contribution < -0.4 is 10.7 Å². The summed E-state index contributed by atoms with van der Waals surface area (Å²) in [6.45, 7) is 3.85. The van der Waals surface area contributed by atoms with Gasteiger partial charge in [0.15, 0.2) is 0 Å². The van der Waals surface area contributed by atoms with E-state index in [0.717, 1.165) is 21.5 Å². The van der Waals surface area contributed by atoms with Crippen LogP contribution in [-0.2, 0) is 0 Å². The summed E-state index contributed by atoms with van der Waals surface area (Å²) in [6.07, 6.45) is 3.11. The molecule has 10 heteroatoms. The van der Waals surface area contributed by atoms with Gasteiger partial charge >= 0.3 is 0 Å². The highest BCUT2D eigenvalue weighted by molar-refractivity contribution is 9.10. The molecule has 29 heavy (non-hydrogen) atoms. The van der Waals surface area contributed by atoms with Gasteiger partial charge in [0.2, 0.25) is 11.9 Å². The van der Waals surface area contributed by atoms with Crippen LogP contribution in [0.5, 0.6) is 0 Å². The molecular formula is C19H17BrN8O. The molecule has 0 aliphatic carbocycles. The van der Waals surface area contributed by atoms with E-state index in [-0.39, 0.29) is 5.95 Å². The molecule has 0 atom stereocenters. The van der Waals surface area contributed by atoms with Crippen molar-refractivity contribution in [2.45, 2.75) is 13.8 Å². The standard InChI is InChI=1S/C19H17BrN8O/c1-12-10-13(2)28(27-12)19-24-17(22-15-7-5-14(20)6-8-15)23-18(25-19)26-21-11-16-4-3-9-29-16/h3-11H,1-2H3,(H2,22,23,24,25,26). The second-order valence-corrected chi connectivity index (χ2v) is 7.05. The first-order valence-electron chi connectivity index (χ1n) is 8.72. The van der Waals surface area contributed by atoms with Crippen molar-refractivity contribution in [2.75, 3.05) is 10.7 Å². The minimum Gasteiger partial charge on any atom is -0.463 e. The number of furan rings is 1. The Morgan fingerprint density at radius 1 is 1.07 bits per heavy atom. The lowest BCUT2D eigenvalue weighted by atomic mass is 10.3. The zero-order chi connectivity index (χ0) is 20.2. The van der Waals surface area contributed by atoms with E-state index in [2.05, 4.69) is 51.8 Å². The Balaban J connectivity index is 1.66. The molecule has 0 saturated carbocycles. The van der Waals surface area contributed by atoms with Crippen molar-refractivity contribution < 1.29 is 4.42 Å². The highest BCUT2D eigenvalue weighted by atomic mass is 79.9. The summed E-state index contributed by atoms with van der Waals surface area (Å²) in [5, 5.41) is 11.7. The van der Waals surface area contributed by atoms with E-state index in [1.165, 1.54) is 6.21 Å². The molecule has 0 aliphatic rings. The number of halogens is 1. The Morgan fingerprint density at radius 2 is 1.86 bits per heavy atom. The highest BCUT2D eigenvalue weighted by Crippen LogP contribution is 2.19. The molecule has 3 heterocycles. The second kappa shape index (κ2) is 8.23. The third-order valence-corrected chi connectivity index (χ3v) is 4.35. The van der Waals surface area contributed by atoms with Crippen LogP contribution >= 0.6 is 15.9 Å². The first-order valence-corrected chi connectivity index (χ1v) is 9.51. The first-order chi connectivity index (χ1) is 14.1. The highest BCUT2D eigenvalue weighted by Gasteiger charge is 2.12. The zero-order valence-corrected chi connectivity index (χ0v) is 17.3. The van der Waals surface area contributed by atoms with Crippen molar-refractivity contribution in [1.82, 2.24) is 24.7 Å². The van der Waals surface area contributed by atoms with Crippen LogP contribution in [0.2, 0.25) is 0 Å². The van der Waals surface area contributed by atoms with Crippen LogP contribution in [0.1, 0.15) is 17.1 Å². The van der Waals surface area contributed by atoms with Gasteiger partial charge in [-0.15, -0.1) is 0 Å². The van der Waals surface area contributed by atoms with Gasteiger partial charge in [-0.3, -0.25) is 0 Å². The minimum absolute atomic E-state index is 0.268. The molecule has 0 bridgehead atoms. The van der Waals surface area contributed by atoms with Crippen molar-refractivity contribution in [3.63, 3.8) is 0 Å². The second-order valence-electron chi connectivity index (χ2n) is 6.14. The van der Waals surface area contributed by atoms with Gasteiger partial charge in [-0.1, -0.05) is 15.9 Å². The van der Waals surface area contributed by atoms with E-state index in [0.29, 0.717) is 17.7 Å². The predicted molar refractivity (Wildman–Crippen MR) is 114 cm³/mol. The Morgan fingerprint density at radius 3 is 2.55 bits per heavy atom. The fourth-order valence-electron chi connectivity index (χ4n) is 2.58. The quantitative estimate of drug-likeness (QED) is 0.333. The van der Waals surface area contributed by atoms with Gasteiger partial charge in [-0.05, 0) is 56.3 Å². The number of anilines is 3. The van der Waals surface area contributed by atoms with Gasteiger partial charge < -0.3 is 9.73 Å². The fraction of sp³-hybridized carbons (Fsp3) is 0.105. The molecule has 9 nitrogen and oxygen atoms in total. The topological polar surface area (TPSA) is 106 Å². The number of hydrazone groups is 1. The van der Waals surface area contributed by atoms with Crippen LogP contribution in [0.3, 0.4) is 0 Å². The third-order valence-electron chi connectivity index (χ3n) is 3.82. The molecular weight excluding hydrogens is 436 g/mol. The van der Waals surface area contributed by atoms with Gasteiger partial charge in [0.25, 0.3) is 5.95 Å². The number of aryl methyl sites for hydroxylation is 2. The van der Waals surface area contributed by atoms with Crippen LogP contribution in [0.15, 0.2) is 62.7 Å². The summed E-state index contributed by atoms with van der Waals surface area (Å²) in [6, 6.07) is 13.2. The van der Waals surface area contributed by atoms with Gasteiger partial charge in [0, 0.05) is 15.9 Å². The van der Waals surface area contributed by atoms with E-state index in [1.807, 2.05) is 44.2 Å². The number of benzene rings is 1. The molecule has 0 fully saturated rings. The third kappa shape index (κ3) is 4.66. The molecule has 0 spiro atoms. The van der Waals surface area contributed by atoms with Crippen molar-refractivity contribution in [1.29, 1.82) is 0 Å².